The van der Waals surface area contributed by atoms with Crippen LogP contribution in [0.3, 0.4) is 0 Å². The molecule has 0 spiro atoms. The molecule has 0 radical (unpaired) electrons. The molecule has 0 saturated carbocycles. The lowest BCUT2D eigenvalue weighted by atomic mass is 10.0. The number of piperidine rings is 1. The van der Waals surface area contributed by atoms with Gasteiger partial charge in [-0.2, -0.15) is 4.31 Å². The van der Waals surface area contributed by atoms with Gasteiger partial charge in [-0.25, -0.2) is 8.42 Å². The van der Waals surface area contributed by atoms with Crippen LogP contribution in [0.1, 0.15) is 34.3 Å². The van der Waals surface area contributed by atoms with Crippen LogP contribution in [0, 0.1) is 13.8 Å². The van der Waals surface area contributed by atoms with E-state index in [-0.39, 0.29) is 11.9 Å². The molecule has 0 bridgehead atoms. The van der Waals surface area contributed by atoms with Crippen LogP contribution < -0.4 is 5.32 Å². The van der Waals surface area contributed by atoms with Crippen molar-refractivity contribution in [1.29, 1.82) is 0 Å². The zero-order valence-corrected chi connectivity index (χ0v) is 18.1. The summed E-state index contributed by atoms with van der Waals surface area (Å²) in [4.78, 5) is 13.2. The van der Waals surface area contributed by atoms with Crippen molar-refractivity contribution in [3.8, 4) is 0 Å². The number of carbonyl (C=O) groups excluding carboxylic acids is 1. The number of hydrogen-bond acceptors (Lipinski definition) is 3. The maximum absolute atomic E-state index is 13.1. The van der Waals surface area contributed by atoms with E-state index >= 15 is 0 Å². The fraction of sp³-hybridized carbons (Fsp3) is 0.292. The molecule has 6 heteroatoms. The van der Waals surface area contributed by atoms with Crippen molar-refractivity contribution in [1.82, 2.24) is 9.62 Å². The molecule has 5 nitrogen and oxygen atoms in total. The smallest absolute Gasteiger partial charge is 0.252 e. The second-order valence-electron chi connectivity index (χ2n) is 7.95. The van der Waals surface area contributed by atoms with Crippen molar-refractivity contribution in [2.75, 3.05) is 13.1 Å². The molecular formula is C24H26N2O3S. The van der Waals surface area contributed by atoms with E-state index in [1.165, 1.54) is 4.31 Å². The van der Waals surface area contributed by atoms with E-state index in [1.54, 1.807) is 6.07 Å². The SMILES string of the molecule is Cc1ccc(C)c(S(=O)(=O)N2CCC(NC(=O)c3cccc4ccccc34)CC2)c1. The Morgan fingerprint density at radius 3 is 2.43 bits per heavy atom. The Bertz CT molecular complexity index is 1190. The van der Waals surface area contributed by atoms with Gasteiger partial charge in [0.15, 0.2) is 0 Å². The maximum atomic E-state index is 13.1. The third kappa shape index (κ3) is 3.98. The third-order valence-corrected chi connectivity index (χ3v) is 7.83. The van der Waals surface area contributed by atoms with Crippen LogP contribution in [0.15, 0.2) is 65.6 Å². The molecule has 156 valence electrons. The van der Waals surface area contributed by atoms with Gasteiger partial charge in [-0.05, 0) is 60.7 Å². The standard InChI is InChI=1S/C24H26N2O3S/c1-17-10-11-18(2)23(16-17)30(28,29)26-14-12-20(13-15-26)25-24(27)22-9-5-7-19-6-3-4-8-21(19)22/h3-11,16,20H,12-15H2,1-2H3,(H,25,27). The van der Waals surface area contributed by atoms with Crippen molar-refractivity contribution < 1.29 is 13.2 Å². The molecule has 1 N–H and O–H groups in total. The highest BCUT2D eigenvalue weighted by molar-refractivity contribution is 7.89. The van der Waals surface area contributed by atoms with Gasteiger partial charge in [0.2, 0.25) is 10.0 Å². The van der Waals surface area contributed by atoms with Crippen LogP contribution in [0.2, 0.25) is 0 Å². The summed E-state index contributed by atoms with van der Waals surface area (Å²) in [6.45, 7) is 4.52. The van der Waals surface area contributed by atoms with Gasteiger partial charge in [0.05, 0.1) is 4.90 Å². The number of fused-ring (bicyclic) bond motifs is 1. The van der Waals surface area contributed by atoms with Crippen molar-refractivity contribution in [2.24, 2.45) is 0 Å². The largest absolute Gasteiger partial charge is 0.349 e. The zero-order valence-electron chi connectivity index (χ0n) is 17.3. The molecule has 1 aliphatic rings. The summed E-state index contributed by atoms with van der Waals surface area (Å²) in [7, 11) is -3.53. The van der Waals surface area contributed by atoms with E-state index in [9.17, 15) is 13.2 Å². The number of amides is 1. The summed E-state index contributed by atoms with van der Waals surface area (Å²) in [6, 6.07) is 19.0. The topological polar surface area (TPSA) is 66.5 Å². The molecule has 30 heavy (non-hydrogen) atoms. The van der Waals surface area contributed by atoms with Gasteiger partial charge < -0.3 is 5.32 Å². The highest BCUT2D eigenvalue weighted by Crippen LogP contribution is 2.25. The first-order chi connectivity index (χ1) is 14.4. The number of nitrogens with one attached hydrogen (secondary N) is 1. The molecular weight excluding hydrogens is 396 g/mol. The lowest BCUT2D eigenvalue weighted by molar-refractivity contribution is 0.0925. The number of rotatable bonds is 4. The second kappa shape index (κ2) is 8.20. The van der Waals surface area contributed by atoms with Crippen LogP contribution in [0.5, 0.6) is 0 Å². The molecule has 1 amide bonds. The van der Waals surface area contributed by atoms with E-state index in [1.807, 2.05) is 68.4 Å². The highest BCUT2D eigenvalue weighted by Gasteiger charge is 2.31. The molecule has 0 aromatic heterocycles. The van der Waals surface area contributed by atoms with Crippen LogP contribution in [-0.4, -0.2) is 37.8 Å². The third-order valence-electron chi connectivity index (χ3n) is 5.78. The van der Waals surface area contributed by atoms with Crippen molar-refractivity contribution >= 4 is 26.7 Å². The molecule has 1 saturated heterocycles. The summed E-state index contributed by atoms with van der Waals surface area (Å²) in [5.41, 5.74) is 2.34. The average molecular weight is 423 g/mol. The fourth-order valence-electron chi connectivity index (χ4n) is 4.05. The Hall–Kier alpha value is -2.70. The number of sulfonamides is 1. The van der Waals surface area contributed by atoms with Crippen molar-refractivity contribution in [2.45, 2.75) is 37.6 Å². The summed E-state index contributed by atoms with van der Waals surface area (Å²) in [6.07, 6.45) is 1.20. The average Bonchev–Trinajstić information content (AvgIpc) is 2.75. The quantitative estimate of drug-likeness (QED) is 0.690. The first-order valence-corrected chi connectivity index (χ1v) is 11.7. The first-order valence-electron chi connectivity index (χ1n) is 10.2. The molecule has 3 aromatic carbocycles. The van der Waals surface area contributed by atoms with Gasteiger partial charge in [-0.3, -0.25) is 4.79 Å². The number of benzene rings is 3. The summed E-state index contributed by atoms with van der Waals surface area (Å²) >= 11 is 0. The number of aryl methyl sites for hydroxylation is 2. The Kier molecular flexibility index (Phi) is 5.62. The lowest BCUT2D eigenvalue weighted by Crippen LogP contribution is -2.46. The Labute approximate surface area is 177 Å². The predicted octanol–water partition coefficient (Wildman–Crippen LogP) is 4.04. The van der Waals surface area contributed by atoms with E-state index < -0.39 is 10.0 Å². The van der Waals surface area contributed by atoms with Crippen LogP contribution in [-0.2, 0) is 10.0 Å². The normalized spacial score (nSPS) is 15.9. The second-order valence-corrected chi connectivity index (χ2v) is 9.85. The zero-order chi connectivity index (χ0) is 21.3. The minimum Gasteiger partial charge on any atom is -0.349 e. The molecule has 4 rings (SSSR count). The first kappa shape index (κ1) is 20.6. The summed E-state index contributed by atoms with van der Waals surface area (Å²) < 4.78 is 27.7. The predicted molar refractivity (Wildman–Crippen MR) is 119 cm³/mol. The van der Waals surface area contributed by atoms with Gasteiger partial charge in [-0.15, -0.1) is 0 Å². The van der Waals surface area contributed by atoms with Crippen LogP contribution >= 0.6 is 0 Å². The number of carbonyl (C=O) groups is 1. The van der Waals surface area contributed by atoms with Gasteiger partial charge in [-0.1, -0.05) is 48.5 Å². The Morgan fingerprint density at radius 2 is 1.67 bits per heavy atom. The lowest BCUT2D eigenvalue weighted by Gasteiger charge is -2.32. The Morgan fingerprint density at radius 1 is 0.967 bits per heavy atom. The molecule has 3 aromatic rings. The van der Waals surface area contributed by atoms with Gasteiger partial charge in [0, 0.05) is 24.7 Å². The van der Waals surface area contributed by atoms with Gasteiger partial charge >= 0.3 is 0 Å². The maximum Gasteiger partial charge on any atom is 0.252 e. The van der Waals surface area contributed by atoms with Crippen LogP contribution in [0.25, 0.3) is 10.8 Å². The van der Waals surface area contributed by atoms with Crippen molar-refractivity contribution in [3.05, 3.63) is 77.4 Å². The van der Waals surface area contributed by atoms with E-state index in [2.05, 4.69) is 5.32 Å². The van der Waals surface area contributed by atoms with E-state index in [4.69, 9.17) is 0 Å². The summed E-state index contributed by atoms with van der Waals surface area (Å²) in [5, 5.41) is 5.05. The summed E-state index contributed by atoms with van der Waals surface area (Å²) in [5.74, 6) is -0.109. The van der Waals surface area contributed by atoms with Crippen molar-refractivity contribution in [3.63, 3.8) is 0 Å². The Balaban J connectivity index is 1.45. The van der Waals surface area contributed by atoms with E-state index in [0.717, 1.165) is 21.9 Å². The minimum atomic E-state index is -3.53. The van der Waals surface area contributed by atoms with E-state index in [0.29, 0.717) is 36.4 Å². The monoisotopic (exact) mass is 422 g/mol. The van der Waals surface area contributed by atoms with Gasteiger partial charge in [0.1, 0.15) is 0 Å². The highest BCUT2D eigenvalue weighted by atomic mass is 32.2. The fourth-order valence-corrected chi connectivity index (χ4v) is 5.83. The molecule has 0 atom stereocenters. The van der Waals surface area contributed by atoms with Crippen LogP contribution in [0.4, 0.5) is 0 Å². The number of hydrogen-bond donors (Lipinski definition) is 1. The molecule has 1 aliphatic heterocycles. The molecule has 1 heterocycles. The molecule has 1 fully saturated rings. The minimum absolute atomic E-state index is 0.0403. The molecule has 0 aliphatic carbocycles. The molecule has 0 unspecified atom stereocenters. The number of nitrogens with zero attached hydrogens (tertiary/aromatic N) is 1. The van der Waals surface area contributed by atoms with Gasteiger partial charge in [0.25, 0.3) is 5.91 Å².